The maximum absolute atomic E-state index is 12.0. The van der Waals surface area contributed by atoms with Crippen LogP contribution in [0.3, 0.4) is 0 Å². The molecule has 2 rings (SSSR count). The van der Waals surface area contributed by atoms with Crippen molar-refractivity contribution in [3.63, 3.8) is 0 Å². The van der Waals surface area contributed by atoms with E-state index in [0.29, 0.717) is 30.2 Å². The van der Waals surface area contributed by atoms with Gasteiger partial charge in [0.2, 0.25) is 0 Å². The second-order valence-electron chi connectivity index (χ2n) is 5.53. The van der Waals surface area contributed by atoms with E-state index in [1.54, 1.807) is 48.7 Å². The molecule has 1 aromatic heterocycles. The monoisotopic (exact) mass is 356 g/mol. The number of likely N-dealkylation sites (N-methyl/N-ethyl adjacent to an activating group) is 1. The lowest BCUT2D eigenvalue weighted by molar-refractivity contribution is 0.0466. The van der Waals surface area contributed by atoms with Gasteiger partial charge in [-0.15, -0.1) is 0 Å². The zero-order valence-electron chi connectivity index (χ0n) is 15.1. The summed E-state index contributed by atoms with van der Waals surface area (Å²) in [5, 5.41) is 5.30. The van der Waals surface area contributed by atoms with Gasteiger partial charge in [-0.3, -0.25) is 5.32 Å². The molecule has 0 aliphatic heterocycles. The molecule has 1 heterocycles. The number of esters is 1. The summed E-state index contributed by atoms with van der Waals surface area (Å²) in [5.74, 6) is 0.0834. The van der Waals surface area contributed by atoms with Crippen molar-refractivity contribution >= 4 is 23.5 Å². The van der Waals surface area contributed by atoms with Crippen molar-refractivity contribution in [1.29, 1.82) is 0 Å². The second-order valence-corrected chi connectivity index (χ2v) is 5.53. The fourth-order valence-corrected chi connectivity index (χ4v) is 2.30. The Kier molecular flexibility index (Phi) is 7.57. The van der Waals surface area contributed by atoms with Crippen LogP contribution in [-0.4, -0.2) is 48.1 Å². The number of carbonyl (C=O) groups is 2. The SMILES string of the molecule is CCN(CC)CCOC(=O)c1ccc(NC(=O)Nc2ccccn2)cc1. The number of amides is 2. The van der Waals surface area contributed by atoms with Gasteiger partial charge in [-0.2, -0.15) is 0 Å². The summed E-state index contributed by atoms with van der Waals surface area (Å²) >= 11 is 0. The predicted octanol–water partition coefficient (Wildman–Crippen LogP) is 3.22. The number of hydrogen-bond acceptors (Lipinski definition) is 5. The maximum Gasteiger partial charge on any atom is 0.338 e. The van der Waals surface area contributed by atoms with Crippen molar-refractivity contribution in [2.24, 2.45) is 0 Å². The van der Waals surface area contributed by atoms with Gasteiger partial charge < -0.3 is 15.0 Å². The van der Waals surface area contributed by atoms with E-state index in [4.69, 9.17) is 4.74 Å². The molecule has 0 fully saturated rings. The van der Waals surface area contributed by atoms with Crippen LogP contribution in [0.15, 0.2) is 48.7 Å². The molecule has 26 heavy (non-hydrogen) atoms. The lowest BCUT2D eigenvalue weighted by Crippen LogP contribution is -2.27. The van der Waals surface area contributed by atoms with Crippen molar-refractivity contribution in [1.82, 2.24) is 9.88 Å². The normalized spacial score (nSPS) is 10.4. The summed E-state index contributed by atoms with van der Waals surface area (Å²) in [5.41, 5.74) is 1.01. The third-order valence-corrected chi connectivity index (χ3v) is 3.82. The average Bonchev–Trinajstić information content (AvgIpc) is 2.66. The molecule has 0 bridgehead atoms. The topological polar surface area (TPSA) is 83.6 Å². The molecule has 0 saturated heterocycles. The van der Waals surface area contributed by atoms with Gasteiger partial charge in [0.25, 0.3) is 0 Å². The number of ether oxygens (including phenoxy) is 1. The van der Waals surface area contributed by atoms with Crippen LogP contribution in [-0.2, 0) is 4.74 Å². The van der Waals surface area contributed by atoms with Crippen LogP contribution in [0.1, 0.15) is 24.2 Å². The van der Waals surface area contributed by atoms with Crippen molar-refractivity contribution in [3.8, 4) is 0 Å². The van der Waals surface area contributed by atoms with E-state index in [2.05, 4.69) is 34.4 Å². The Morgan fingerprint density at radius 2 is 1.77 bits per heavy atom. The molecule has 0 saturated carbocycles. The third-order valence-electron chi connectivity index (χ3n) is 3.82. The number of pyridine rings is 1. The Bertz CT molecular complexity index is 700. The number of rotatable bonds is 8. The molecule has 7 heteroatoms. The molecule has 7 nitrogen and oxygen atoms in total. The third kappa shape index (κ3) is 6.18. The van der Waals surface area contributed by atoms with E-state index in [-0.39, 0.29) is 5.97 Å². The number of urea groups is 1. The number of carbonyl (C=O) groups excluding carboxylic acids is 2. The van der Waals surface area contributed by atoms with Crippen molar-refractivity contribution < 1.29 is 14.3 Å². The van der Waals surface area contributed by atoms with E-state index >= 15 is 0 Å². The van der Waals surface area contributed by atoms with Crippen LogP contribution in [0, 0.1) is 0 Å². The predicted molar refractivity (Wildman–Crippen MR) is 101 cm³/mol. The van der Waals surface area contributed by atoms with Crippen LogP contribution in [0.5, 0.6) is 0 Å². The minimum Gasteiger partial charge on any atom is -0.461 e. The van der Waals surface area contributed by atoms with Crippen molar-refractivity contribution in [2.45, 2.75) is 13.8 Å². The number of nitrogens with zero attached hydrogens (tertiary/aromatic N) is 2. The first-order valence-corrected chi connectivity index (χ1v) is 8.61. The zero-order chi connectivity index (χ0) is 18.8. The molecule has 2 N–H and O–H groups in total. The molecule has 2 aromatic rings. The summed E-state index contributed by atoms with van der Waals surface area (Å²) in [6.45, 7) is 7.06. The lowest BCUT2D eigenvalue weighted by atomic mass is 10.2. The number of hydrogen-bond donors (Lipinski definition) is 2. The summed E-state index contributed by atoms with van der Waals surface area (Å²) in [6, 6.07) is 11.4. The standard InChI is InChI=1S/C19H24N4O3/c1-3-23(4-2)13-14-26-18(24)15-8-10-16(11-9-15)21-19(25)22-17-7-5-6-12-20-17/h5-12H,3-4,13-14H2,1-2H3,(H2,20,21,22,25). The average molecular weight is 356 g/mol. The molecule has 1 aromatic carbocycles. The Morgan fingerprint density at radius 1 is 1.04 bits per heavy atom. The molecule has 138 valence electrons. The summed E-state index contributed by atoms with van der Waals surface area (Å²) in [7, 11) is 0. The van der Waals surface area contributed by atoms with Gasteiger partial charge in [0.15, 0.2) is 0 Å². The quantitative estimate of drug-likeness (QED) is 0.710. The highest BCUT2D eigenvalue weighted by atomic mass is 16.5. The van der Waals surface area contributed by atoms with Gasteiger partial charge in [0.1, 0.15) is 12.4 Å². The van der Waals surface area contributed by atoms with Crippen LogP contribution in [0.2, 0.25) is 0 Å². The molecule has 0 aliphatic rings. The second kappa shape index (κ2) is 10.1. The van der Waals surface area contributed by atoms with Crippen molar-refractivity contribution in [3.05, 3.63) is 54.2 Å². The Morgan fingerprint density at radius 3 is 2.38 bits per heavy atom. The fraction of sp³-hybridized carbons (Fsp3) is 0.316. The minimum absolute atomic E-state index is 0.354. The Labute approximate surface area is 153 Å². The Balaban J connectivity index is 1.81. The van der Waals surface area contributed by atoms with Crippen LogP contribution >= 0.6 is 0 Å². The minimum atomic E-state index is -0.404. The summed E-state index contributed by atoms with van der Waals surface area (Å²) in [4.78, 5) is 30.1. The van der Waals surface area contributed by atoms with Gasteiger partial charge in [0.05, 0.1) is 5.56 Å². The first-order valence-electron chi connectivity index (χ1n) is 8.61. The number of benzene rings is 1. The number of anilines is 2. The highest BCUT2D eigenvalue weighted by molar-refractivity contribution is 5.99. The number of aromatic nitrogens is 1. The van der Waals surface area contributed by atoms with Gasteiger partial charge in [-0.1, -0.05) is 19.9 Å². The van der Waals surface area contributed by atoms with Gasteiger partial charge in [0, 0.05) is 18.4 Å². The molecule has 0 atom stereocenters. The van der Waals surface area contributed by atoms with Crippen LogP contribution in [0.4, 0.5) is 16.3 Å². The first kappa shape index (κ1) is 19.4. The molecule has 2 amide bonds. The molecular formula is C19H24N4O3. The van der Waals surface area contributed by atoms with Crippen molar-refractivity contribution in [2.75, 3.05) is 36.9 Å². The van der Waals surface area contributed by atoms with E-state index in [9.17, 15) is 9.59 Å². The molecular weight excluding hydrogens is 332 g/mol. The highest BCUT2D eigenvalue weighted by Gasteiger charge is 2.09. The largest absolute Gasteiger partial charge is 0.461 e. The molecule has 0 aliphatic carbocycles. The smallest absolute Gasteiger partial charge is 0.338 e. The van der Waals surface area contributed by atoms with E-state index in [1.807, 2.05) is 0 Å². The van der Waals surface area contributed by atoms with Crippen LogP contribution < -0.4 is 10.6 Å². The number of nitrogens with one attached hydrogen (secondary N) is 2. The molecule has 0 unspecified atom stereocenters. The molecule has 0 spiro atoms. The molecule has 0 radical (unpaired) electrons. The lowest BCUT2D eigenvalue weighted by Gasteiger charge is -2.17. The summed E-state index contributed by atoms with van der Waals surface area (Å²) in [6.07, 6.45) is 1.59. The van der Waals surface area contributed by atoms with Gasteiger partial charge >= 0.3 is 12.0 Å². The van der Waals surface area contributed by atoms with E-state index < -0.39 is 6.03 Å². The first-order chi connectivity index (χ1) is 12.6. The van der Waals surface area contributed by atoms with Gasteiger partial charge in [-0.25, -0.2) is 14.6 Å². The van der Waals surface area contributed by atoms with Crippen LogP contribution in [0.25, 0.3) is 0 Å². The maximum atomic E-state index is 12.0. The van der Waals surface area contributed by atoms with E-state index in [1.165, 1.54) is 0 Å². The summed E-state index contributed by atoms with van der Waals surface area (Å²) < 4.78 is 5.27. The van der Waals surface area contributed by atoms with Gasteiger partial charge in [-0.05, 0) is 49.5 Å². The zero-order valence-corrected chi connectivity index (χ0v) is 15.1. The Hall–Kier alpha value is -2.93. The van der Waals surface area contributed by atoms with E-state index in [0.717, 1.165) is 13.1 Å². The highest BCUT2D eigenvalue weighted by Crippen LogP contribution is 2.11. The fourth-order valence-electron chi connectivity index (χ4n) is 2.30.